The van der Waals surface area contributed by atoms with Crippen LogP contribution in [0.4, 0.5) is 0 Å². The number of thiophene rings is 1. The van der Waals surface area contributed by atoms with Crippen LogP contribution in [0.25, 0.3) is 10.1 Å². The second kappa shape index (κ2) is 5.09. The van der Waals surface area contributed by atoms with E-state index in [0.29, 0.717) is 5.56 Å². The Labute approximate surface area is 120 Å². The number of benzene rings is 1. The fourth-order valence-electron chi connectivity index (χ4n) is 2.12. The number of fused-ring (bicyclic) bond motifs is 1. The average molecular weight is 286 g/mol. The van der Waals surface area contributed by atoms with Gasteiger partial charge in [-0.3, -0.25) is 4.79 Å². The van der Waals surface area contributed by atoms with Crippen molar-refractivity contribution in [3.05, 3.63) is 53.2 Å². The Hall–Kier alpha value is -2.14. The van der Waals surface area contributed by atoms with Crippen LogP contribution in [0.3, 0.4) is 0 Å². The second-order valence-electron chi connectivity index (χ2n) is 4.69. The van der Waals surface area contributed by atoms with Crippen LogP contribution in [-0.4, -0.2) is 23.0 Å². The van der Waals surface area contributed by atoms with Gasteiger partial charge in [0, 0.05) is 23.4 Å². The predicted molar refractivity (Wildman–Crippen MR) is 78.8 cm³/mol. The molecule has 3 aromatic rings. The molecule has 0 N–H and O–H groups in total. The third-order valence-corrected chi connectivity index (χ3v) is 4.38. The van der Waals surface area contributed by atoms with E-state index in [-0.39, 0.29) is 11.9 Å². The molecule has 0 saturated carbocycles. The molecule has 0 aliphatic carbocycles. The zero-order chi connectivity index (χ0) is 14.1. The molecule has 1 atom stereocenters. The summed E-state index contributed by atoms with van der Waals surface area (Å²) < 4.78 is 6.02. The van der Waals surface area contributed by atoms with Crippen molar-refractivity contribution in [1.29, 1.82) is 0 Å². The maximum absolute atomic E-state index is 12.5. The molecular weight excluding hydrogens is 272 g/mol. The molecule has 102 valence electrons. The van der Waals surface area contributed by atoms with E-state index >= 15 is 0 Å². The summed E-state index contributed by atoms with van der Waals surface area (Å²) in [6.07, 6.45) is 1.52. The molecule has 1 aromatic carbocycles. The van der Waals surface area contributed by atoms with Gasteiger partial charge in [-0.15, -0.1) is 11.3 Å². The van der Waals surface area contributed by atoms with Crippen molar-refractivity contribution in [3.63, 3.8) is 0 Å². The summed E-state index contributed by atoms with van der Waals surface area (Å²) in [6, 6.07) is 9.46. The van der Waals surface area contributed by atoms with Gasteiger partial charge in [-0.05, 0) is 42.0 Å². The molecule has 0 unspecified atom stereocenters. The van der Waals surface area contributed by atoms with Gasteiger partial charge in [-0.1, -0.05) is 5.16 Å². The highest BCUT2D eigenvalue weighted by atomic mass is 32.1. The van der Waals surface area contributed by atoms with E-state index in [0.717, 1.165) is 11.1 Å². The summed E-state index contributed by atoms with van der Waals surface area (Å²) in [5.41, 5.74) is 1.44. The monoisotopic (exact) mass is 286 g/mol. The first kappa shape index (κ1) is 12.9. The van der Waals surface area contributed by atoms with E-state index in [9.17, 15) is 4.79 Å². The first-order chi connectivity index (χ1) is 9.66. The molecule has 0 fully saturated rings. The van der Waals surface area contributed by atoms with Gasteiger partial charge in [-0.2, -0.15) is 0 Å². The molecule has 1 amide bonds. The zero-order valence-electron chi connectivity index (χ0n) is 11.2. The van der Waals surface area contributed by atoms with Crippen molar-refractivity contribution in [2.75, 3.05) is 7.05 Å². The Bertz CT molecular complexity index is 733. The summed E-state index contributed by atoms with van der Waals surface area (Å²) in [5.74, 6) is -0.0198. The minimum Gasteiger partial charge on any atom is -0.364 e. The number of rotatable bonds is 3. The summed E-state index contributed by atoms with van der Waals surface area (Å²) in [5, 5.41) is 7.02. The third kappa shape index (κ3) is 2.20. The van der Waals surface area contributed by atoms with E-state index < -0.39 is 0 Å². The topological polar surface area (TPSA) is 46.3 Å². The number of aromatic nitrogens is 1. The van der Waals surface area contributed by atoms with Gasteiger partial charge in [-0.25, -0.2) is 0 Å². The zero-order valence-corrected chi connectivity index (χ0v) is 12.1. The number of nitrogens with zero attached hydrogens (tertiary/aromatic N) is 2. The van der Waals surface area contributed by atoms with Crippen molar-refractivity contribution in [2.45, 2.75) is 13.0 Å². The Balaban J connectivity index is 1.87. The van der Waals surface area contributed by atoms with Gasteiger partial charge < -0.3 is 9.42 Å². The minimum atomic E-state index is -0.126. The van der Waals surface area contributed by atoms with Crippen molar-refractivity contribution < 1.29 is 9.32 Å². The van der Waals surface area contributed by atoms with Crippen molar-refractivity contribution in [2.24, 2.45) is 0 Å². The molecule has 0 aliphatic rings. The predicted octanol–water partition coefficient (Wildman–Crippen LogP) is 3.72. The highest BCUT2D eigenvalue weighted by Gasteiger charge is 2.21. The lowest BCUT2D eigenvalue weighted by atomic mass is 10.1. The Morgan fingerprint density at radius 2 is 2.20 bits per heavy atom. The van der Waals surface area contributed by atoms with Gasteiger partial charge >= 0.3 is 0 Å². The van der Waals surface area contributed by atoms with Crippen LogP contribution in [0.1, 0.15) is 29.0 Å². The SMILES string of the molecule is C[C@H](c1ccon1)N(C)C(=O)c1ccc2sccc2c1. The molecule has 0 bridgehead atoms. The maximum atomic E-state index is 12.5. The third-order valence-electron chi connectivity index (χ3n) is 3.49. The van der Waals surface area contributed by atoms with Crippen LogP contribution in [0.15, 0.2) is 46.5 Å². The van der Waals surface area contributed by atoms with Crippen LogP contribution in [0.2, 0.25) is 0 Å². The first-order valence-corrected chi connectivity index (χ1v) is 7.19. The van der Waals surface area contributed by atoms with Crippen LogP contribution in [-0.2, 0) is 0 Å². The number of hydrogen-bond donors (Lipinski definition) is 0. The first-order valence-electron chi connectivity index (χ1n) is 6.31. The number of hydrogen-bond acceptors (Lipinski definition) is 4. The van der Waals surface area contributed by atoms with Crippen LogP contribution < -0.4 is 0 Å². The molecule has 0 saturated heterocycles. The lowest BCUT2D eigenvalue weighted by molar-refractivity contribution is 0.0738. The van der Waals surface area contributed by atoms with Gasteiger partial charge in [0.1, 0.15) is 12.0 Å². The van der Waals surface area contributed by atoms with Gasteiger partial charge in [0.2, 0.25) is 0 Å². The lowest BCUT2D eigenvalue weighted by Crippen LogP contribution is -2.29. The van der Waals surface area contributed by atoms with E-state index in [1.54, 1.807) is 29.4 Å². The molecule has 2 aromatic heterocycles. The highest BCUT2D eigenvalue weighted by Crippen LogP contribution is 2.24. The molecule has 0 radical (unpaired) electrons. The Morgan fingerprint density at radius 1 is 1.35 bits per heavy atom. The summed E-state index contributed by atoms with van der Waals surface area (Å²) in [7, 11) is 1.78. The molecule has 4 nitrogen and oxygen atoms in total. The molecule has 5 heteroatoms. The Morgan fingerprint density at radius 3 is 2.95 bits per heavy atom. The molecule has 3 rings (SSSR count). The van der Waals surface area contributed by atoms with Crippen molar-refractivity contribution in [1.82, 2.24) is 10.1 Å². The van der Waals surface area contributed by atoms with Crippen LogP contribution >= 0.6 is 11.3 Å². The summed E-state index contributed by atoms with van der Waals surface area (Å²) >= 11 is 1.67. The van der Waals surface area contributed by atoms with E-state index in [1.807, 2.05) is 36.6 Å². The largest absolute Gasteiger partial charge is 0.364 e. The average Bonchev–Trinajstić information content (AvgIpc) is 3.14. The van der Waals surface area contributed by atoms with Gasteiger partial charge in [0.15, 0.2) is 0 Å². The molecule has 0 aliphatic heterocycles. The summed E-state index contributed by atoms with van der Waals surface area (Å²) in [4.78, 5) is 14.2. The minimum absolute atomic E-state index is 0.0198. The van der Waals surface area contributed by atoms with E-state index in [4.69, 9.17) is 4.52 Å². The molecule has 20 heavy (non-hydrogen) atoms. The number of amides is 1. The molecule has 2 heterocycles. The van der Waals surface area contributed by atoms with Gasteiger partial charge in [0.25, 0.3) is 5.91 Å². The maximum Gasteiger partial charge on any atom is 0.254 e. The van der Waals surface area contributed by atoms with Crippen molar-refractivity contribution in [3.8, 4) is 0 Å². The van der Waals surface area contributed by atoms with E-state index in [2.05, 4.69) is 5.16 Å². The van der Waals surface area contributed by atoms with Crippen molar-refractivity contribution >= 4 is 27.3 Å². The molecular formula is C15H14N2O2S. The number of carbonyl (C=O) groups is 1. The van der Waals surface area contributed by atoms with E-state index in [1.165, 1.54) is 11.0 Å². The standard InChI is InChI=1S/C15H14N2O2S/c1-10(13-5-7-19-16-13)17(2)15(18)12-3-4-14-11(9-12)6-8-20-14/h3-10H,1-2H3/t10-/m1/s1. The van der Waals surface area contributed by atoms with Crippen LogP contribution in [0.5, 0.6) is 0 Å². The smallest absolute Gasteiger partial charge is 0.254 e. The quantitative estimate of drug-likeness (QED) is 0.737. The highest BCUT2D eigenvalue weighted by molar-refractivity contribution is 7.17. The van der Waals surface area contributed by atoms with Gasteiger partial charge in [0.05, 0.1) is 6.04 Å². The lowest BCUT2D eigenvalue weighted by Gasteiger charge is -2.23. The second-order valence-corrected chi connectivity index (χ2v) is 5.64. The fourth-order valence-corrected chi connectivity index (χ4v) is 2.89. The van der Waals surface area contributed by atoms with Crippen LogP contribution in [0, 0.1) is 0 Å². The normalized spacial score (nSPS) is 12.5. The summed E-state index contributed by atoms with van der Waals surface area (Å²) in [6.45, 7) is 1.93. The molecule has 0 spiro atoms. The Kier molecular flexibility index (Phi) is 3.28. The number of carbonyl (C=O) groups excluding carboxylic acids is 1. The fraction of sp³-hybridized carbons (Fsp3) is 0.200.